The fraction of sp³-hybridized carbons (Fsp3) is 0.750. The molecule has 2 saturated carbocycles. The third kappa shape index (κ3) is 4.03. The molecule has 31 heavy (non-hydrogen) atoms. The highest BCUT2D eigenvalue weighted by molar-refractivity contribution is 5.82. The van der Waals surface area contributed by atoms with Crippen LogP contribution in [-0.4, -0.2) is 44.7 Å². The smallest absolute Gasteiger partial charge is 0.256 e. The number of hydrogen-bond acceptors (Lipinski definition) is 4. The van der Waals surface area contributed by atoms with Gasteiger partial charge in [0.05, 0.1) is 23.8 Å². The summed E-state index contributed by atoms with van der Waals surface area (Å²) >= 11 is 0. The van der Waals surface area contributed by atoms with Gasteiger partial charge in [-0.05, 0) is 44.4 Å². The number of nitrogens with one attached hydrogen (secondary N) is 1. The Morgan fingerprint density at radius 1 is 1.00 bits per heavy atom. The van der Waals surface area contributed by atoms with E-state index in [1.54, 1.807) is 0 Å². The fourth-order valence-electron chi connectivity index (χ4n) is 5.76. The zero-order valence-electron chi connectivity index (χ0n) is 18.6. The molecule has 2 amide bonds. The van der Waals surface area contributed by atoms with E-state index in [0.717, 1.165) is 63.6 Å². The molecule has 168 valence electrons. The van der Waals surface area contributed by atoms with Crippen LogP contribution in [0.3, 0.4) is 0 Å². The van der Waals surface area contributed by atoms with E-state index in [0.29, 0.717) is 36.8 Å². The molecule has 0 aromatic carbocycles. The molecule has 3 heterocycles. The second kappa shape index (κ2) is 8.40. The lowest BCUT2D eigenvalue weighted by molar-refractivity contribution is -0.138. The number of H-pyrrole nitrogens is 1. The average Bonchev–Trinajstić information content (AvgIpc) is 3.55. The minimum atomic E-state index is -0.140. The number of aromatic nitrogens is 2. The molecule has 1 N–H and O–H groups in total. The van der Waals surface area contributed by atoms with Gasteiger partial charge < -0.3 is 14.8 Å². The van der Waals surface area contributed by atoms with E-state index in [1.165, 1.54) is 6.42 Å². The van der Waals surface area contributed by atoms with Gasteiger partial charge in [0.2, 0.25) is 11.8 Å². The summed E-state index contributed by atoms with van der Waals surface area (Å²) < 4.78 is 0. The van der Waals surface area contributed by atoms with E-state index in [2.05, 4.69) is 11.9 Å². The molecule has 0 spiro atoms. The highest BCUT2D eigenvalue weighted by atomic mass is 16.2. The van der Waals surface area contributed by atoms with Gasteiger partial charge in [0.15, 0.2) is 0 Å². The SMILES string of the molecule is C[C@@H]1C[C@H]1C(=O)N1CCCC[C@@H]1c1nc2c(c(=O)[nH]1)CN(C(=O)C1CCCCC1)CC2. The summed E-state index contributed by atoms with van der Waals surface area (Å²) in [4.78, 5) is 50.6. The molecular weight excluding hydrogens is 392 g/mol. The molecule has 1 saturated heterocycles. The lowest BCUT2D eigenvalue weighted by atomic mass is 9.88. The molecule has 3 fully saturated rings. The van der Waals surface area contributed by atoms with Crippen LogP contribution in [0, 0.1) is 17.8 Å². The predicted octanol–water partition coefficient (Wildman–Crippen LogP) is 2.94. The summed E-state index contributed by atoms with van der Waals surface area (Å²) in [6.07, 6.45) is 9.91. The van der Waals surface area contributed by atoms with Crippen molar-refractivity contribution in [3.05, 3.63) is 27.4 Å². The minimum Gasteiger partial charge on any atom is -0.337 e. The Hall–Kier alpha value is -2.18. The van der Waals surface area contributed by atoms with E-state index in [1.807, 2.05) is 9.80 Å². The average molecular weight is 427 g/mol. The first-order chi connectivity index (χ1) is 15.0. The Morgan fingerprint density at radius 2 is 1.74 bits per heavy atom. The Bertz CT molecular complexity index is 920. The molecule has 5 rings (SSSR count). The molecule has 2 aliphatic carbocycles. The van der Waals surface area contributed by atoms with E-state index in [-0.39, 0.29) is 35.3 Å². The molecule has 0 radical (unpaired) electrons. The zero-order valence-corrected chi connectivity index (χ0v) is 18.6. The lowest BCUT2D eigenvalue weighted by Gasteiger charge is -2.36. The van der Waals surface area contributed by atoms with E-state index in [4.69, 9.17) is 4.98 Å². The number of rotatable bonds is 3. The first-order valence-electron chi connectivity index (χ1n) is 12.2. The van der Waals surface area contributed by atoms with Crippen molar-refractivity contribution in [2.24, 2.45) is 17.8 Å². The molecule has 7 nitrogen and oxygen atoms in total. The van der Waals surface area contributed by atoms with Gasteiger partial charge in [0.25, 0.3) is 5.56 Å². The molecular formula is C24H34N4O3. The van der Waals surface area contributed by atoms with Crippen LogP contribution >= 0.6 is 0 Å². The van der Waals surface area contributed by atoms with Crippen LogP contribution in [-0.2, 0) is 22.6 Å². The van der Waals surface area contributed by atoms with E-state index >= 15 is 0 Å². The maximum absolute atomic E-state index is 13.0. The molecule has 0 bridgehead atoms. The summed E-state index contributed by atoms with van der Waals surface area (Å²) in [6, 6.07) is -0.131. The van der Waals surface area contributed by atoms with Gasteiger partial charge in [-0.25, -0.2) is 4.98 Å². The van der Waals surface area contributed by atoms with Crippen molar-refractivity contribution in [3.63, 3.8) is 0 Å². The highest BCUT2D eigenvalue weighted by Crippen LogP contribution is 2.42. The Balaban J connectivity index is 1.35. The Kier molecular flexibility index (Phi) is 5.61. The normalized spacial score (nSPS) is 28.9. The first kappa shape index (κ1) is 20.7. The Labute approximate surface area is 183 Å². The van der Waals surface area contributed by atoms with Gasteiger partial charge in [-0.1, -0.05) is 26.2 Å². The molecule has 1 aromatic rings. The van der Waals surface area contributed by atoms with Crippen molar-refractivity contribution in [3.8, 4) is 0 Å². The number of fused-ring (bicyclic) bond motifs is 1. The summed E-state index contributed by atoms with van der Waals surface area (Å²) in [7, 11) is 0. The monoisotopic (exact) mass is 426 g/mol. The van der Waals surface area contributed by atoms with Crippen LogP contribution in [0.2, 0.25) is 0 Å². The van der Waals surface area contributed by atoms with Gasteiger partial charge in [-0.2, -0.15) is 0 Å². The quantitative estimate of drug-likeness (QED) is 0.805. The van der Waals surface area contributed by atoms with Crippen molar-refractivity contribution in [1.29, 1.82) is 0 Å². The van der Waals surface area contributed by atoms with Crippen LogP contribution in [0.5, 0.6) is 0 Å². The fourth-order valence-corrected chi connectivity index (χ4v) is 5.76. The van der Waals surface area contributed by atoms with Crippen molar-refractivity contribution >= 4 is 11.8 Å². The molecule has 4 aliphatic rings. The van der Waals surface area contributed by atoms with Crippen molar-refractivity contribution in [2.45, 2.75) is 83.7 Å². The van der Waals surface area contributed by atoms with Crippen LogP contribution in [0.1, 0.15) is 87.8 Å². The second-order valence-corrected chi connectivity index (χ2v) is 10.1. The minimum absolute atomic E-state index is 0.119. The summed E-state index contributed by atoms with van der Waals surface area (Å²) in [5.74, 6) is 1.80. The van der Waals surface area contributed by atoms with Crippen molar-refractivity contribution in [1.82, 2.24) is 19.8 Å². The van der Waals surface area contributed by atoms with Gasteiger partial charge in [-0.3, -0.25) is 14.4 Å². The topological polar surface area (TPSA) is 86.4 Å². The molecule has 7 heteroatoms. The number of carbonyl (C=O) groups excluding carboxylic acids is 2. The third-order valence-corrected chi connectivity index (χ3v) is 7.88. The second-order valence-electron chi connectivity index (χ2n) is 10.1. The standard InChI is InChI=1S/C24H34N4O3/c1-15-13-17(15)24(31)28-11-6-5-9-20(28)21-25-19-10-12-27(14-18(19)22(29)26-21)23(30)16-7-3-2-4-8-16/h15-17,20H,2-14H2,1H3,(H,25,26,29)/t15-,17-,20-/m1/s1. The maximum atomic E-state index is 13.0. The number of nitrogens with zero attached hydrogens (tertiary/aromatic N) is 3. The van der Waals surface area contributed by atoms with Crippen LogP contribution < -0.4 is 5.56 Å². The van der Waals surface area contributed by atoms with Crippen molar-refractivity contribution in [2.75, 3.05) is 13.1 Å². The van der Waals surface area contributed by atoms with Gasteiger partial charge in [-0.15, -0.1) is 0 Å². The first-order valence-corrected chi connectivity index (χ1v) is 12.2. The largest absolute Gasteiger partial charge is 0.337 e. The summed E-state index contributed by atoms with van der Waals surface area (Å²) in [5, 5.41) is 0. The number of aromatic amines is 1. The van der Waals surface area contributed by atoms with Gasteiger partial charge in [0.1, 0.15) is 5.82 Å². The highest BCUT2D eigenvalue weighted by Gasteiger charge is 2.44. The number of likely N-dealkylation sites (tertiary alicyclic amines) is 1. The number of amides is 2. The number of piperidine rings is 1. The van der Waals surface area contributed by atoms with Crippen LogP contribution in [0.15, 0.2) is 4.79 Å². The molecule has 2 aliphatic heterocycles. The van der Waals surface area contributed by atoms with E-state index in [9.17, 15) is 14.4 Å². The predicted molar refractivity (Wildman–Crippen MR) is 116 cm³/mol. The lowest BCUT2D eigenvalue weighted by Crippen LogP contribution is -2.44. The maximum Gasteiger partial charge on any atom is 0.256 e. The zero-order chi connectivity index (χ0) is 21.5. The van der Waals surface area contributed by atoms with E-state index < -0.39 is 0 Å². The van der Waals surface area contributed by atoms with Crippen LogP contribution in [0.25, 0.3) is 0 Å². The molecule has 3 atom stereocenters. The van der Waals surface area contributed by atoms with Gasteiger partial charge in [0, 0.05) is 31.3 Å². The number of carbonyl (C=O) groups is 2. The van der Waals surface area contributed by atoms with Crippen LogP contribution in [0.4, 0.5) is 0 Å². The molecule has 1 aromatic heterocycles. The summed E-state index contributed by atoms with van der Waals surface area (Å²) in [5.41, 5.74) is 1.30. The summed E-state index contributed by atoms with van der Waals surface area (Å²) in [6.45, 7) is 3.86. The number of hydrogen-bond donors (Lipinski definition) is 1. The van der Waals surface area contributed by atoms with Gasteiger partial charge >= 0.3 is 0 Å². The molecule has 0 unspecified atom stereocenters. The Morgan fingerprint density at radius 3 is 2.48 bits per heavy atom. The van der Waals surface area contributed by atoms with Crippen molar-refractivity contribution < 1.29 is 9.59 Å². The third-order valence-electron chi connectivity index (χ3n) is 7.88.